The first kappa shape index (κ1) is 14.0. The van der Waals surface area contributed by atoms with Gasteiger partial charge in [0.05, 0.1) is 10.9 Å². The molecule has 0 radical (unpaired) electrons. The SMILES string of the molecule is CN(c1nc2ccccc2c(=O)[nH]1)C1CCc2ccccc2C1. The third kappa shape index (κ3) is 2.50. The smallest absolute Gasteiger partial charge is 0.260 e. The average molecular weight is 305 g/mol. The van der Waals surface area contributed by atoms with Crippen LogP contribution in [0, 0.1) is 0 Å². The second-order valence-corrected chi connectivity index (χ2v) is 6.18. The van der Waals surface area contributed by atoms with Crippen LogP contribution in [0.15, 0.2) is 53.3 Å². The normalized spacial score (nSPS) is 17.0. The predicted octanol–water partition coefficient (Wildman–Crippen LogP) is 2.92. The zero-order chi connectivity index (χ0) is 15.8. The highest BCUT2D eigenvalue weighted by Crippen LogP contribution is 2.25. The van der Waals surface area contributed by atoms with Gasteiger partial charge in [0, 0.05) is 13.1 Å². The summed E-state index contributed by atoms with van der Waals surface area (Å²) in [6.45, 7) is 0. The van der Waals surface area contributed by atoms with Crippen molar-refractivity contribution in [2.75, 3.05) is 11.9 Å². The van der Waals surface area contributed by atoms with Gasteiger partial charge < -0.3 is 4.90 Å². The molecule has 0 bridgehead atoms. The third-order valence-corrected chi connectivity index (χ3v) is 4.80. The molecule has 1 aromatic heterocycles. The molecule has 1 aliphatic carbocycles. The number of fused-ring (bicyclic) bond motifs is 2. The van der Waals surface area contributed by atoms with E-state index in [1.165, 1.54) is 11.1 Å². The van der Waals surface area contributed by atoms with E-state index in [2.05, 4.69) is 39.1 Å². The van der Waals surface area contributed by atoms with Crippen molar-refractivity contribution in [1.29, 1.82) is 0 Å². The van der Waals surface area contributed by atoms with Gasteiger partial charge in [0.25, 0.3) is 5.56 Å². The van der Waals surface area contributed by atoms with Gasteiger partial charge in [-0.25, -0.2) is 4.98 Å². The van der Waals surface area contributed by atoms with Crippen LogP contribution in [0.25, 0.3) is 10.9 Å². The minimum atomic E-state index is -0.0753. The topological polar surface area (TPSA) is 49.0 Å². The highest BCUT2D eigenvalue weighted by molar-refractivity contribution is 5.78. The maximum absolute atomic E-state index is 12.3. The summed E-state index contributed by atoms with van der Waals surface area (Å²) in [4.78, 5) is 21.9. The van der Waals surface area contributed by atoms with Crippen molar-refractivity contribution < 1.29 is 0 Å². The number of nitrogens with one attached hydrogen (secondary N) is 1. The second kappa shape index (κ2) is 5.54. The molecule has 4 nitrogen and oxygen atoms in total. The van der Waals surface area contributed by atoms with Crippen molar-refractivity contribution in [2.24, 2.45) is 0 Å². The Balaban J connectivity index is 1.67. The molecule has 0 saturated heterocycles. The van der Waals surface area contributed by atoms with E-state index in [-0.39, 0.29) is 5.56 Å². The molecule has 0 amide bonds. The first-order chi connectivity index (χ1) is 11.2. The van der Waals surface area contributed by atoms with Crippen LogP contribution in [-0.4, -0.2) is 23.1 Å². The lowest BCUT2D eigenvalue weighted by Gasteiger charge is -2.32. The van der Waals surface area contributed by atoms with E-state index in [1.807, 2.05) is 31.3 Å². The van der Waals surface area contributed by atoms with Crippen LogP contribution in [0.1, 0.15) is 17.5 Å². The van der Waals surface area contributed by atoms with E-state index in [0.29, 0.717) is 17.4 Å². The molecule has 116 valence electrons. The molecule has 23 heavy (non-hydrogen) atoms. The van der Waals surface area contributed by atoms with E-state index in [1.54, 1.807) is 0 Å². The first-order valence-electron chi connectivity index (χ1n) is 8.01. The zero-order valence-electron chi connectivity index (χ0n) is 13.1. The number of nitrogens with zero attached hydrogens (tertiary/aromatic N) is 2. The Labute approximate surface area is 134 Å². The van der Waals surface area contributed by atoms with Crippen molar-refractivity contribution in [3.63, 3.8) is 0 Å². The van der Waals surface area contributed by atoms with Gasteiger partial charge in [-0.15, -0.1) is 0 Å². The molecule has 0 spiro atoms. The lowest BCUT2D eigenvalue weighted by molar-refractivity contribution is 0.540. The lowest BCUT2D eigenvalue weighted by atomic mass is 9.88. The van der Waals surface area contributed by atoms with Gasteiger partial charge in [-0.05, 0) is 42.5 Å². The van der Waals surface area contributed by atoms with Crippen molar-refractivity contribution in [3.05, 3.63) is 70.0 Å². The van der Waals surface area contributed by atoms with Crippen LogP contribution in [0.4, 0.5) is 5.95 Å². The minimum Gasteiger partial charge on any atom is -0.342 e. The van der Waals surface area contributed by atoms with Gasteiger partial charge in [0.15, 0.2) is 0 Å². The predicted molar refractivity (Wildman–Crippen MR) is 93.0 cm³/mol. The number of aromatic nitrogens is 2. The van der Waals surface area contributed by atoms with Gasteiger partial charge in [0.1, 0.15) is 0 Å². The monoisotopic (exact) mass is 305 g/mol. The van der Waals surface area contributed by atoms with Crippen LogP contribution >= 0.6 is 0 Å². The summed E-state index contributed by atoms with van der Waals surface area (Å²) in [5, 5.41) is 0.638. The van der Waals surface area contributed by atoms with Crippen LogP contribution in [-0.2, 0) is 12.8 Å². The molecular formula is C19H19N3O. The van der Waals surface area contributed by atoms with Gasteiger partial charge in [-0.2, -0.15) is 0 Å². The standard InChI is InChI=1S/C19H19N3O/c1-22(15-11-10-13-6-2-3-7-14(13)12-15)19-20-17-9-5-4-8-16(17)18(23)21-19/h2-9,15H,10-12H2,1H3,(H,20,21,23). The van der Waals surface area contributed by atoms with Gasteiger partial charge in [-0.3, -0.25) is 9.78 Å². The van der Waals surface area contributed by atoms with Crippen LogP contribution in [0.5, 0.6) is 0 Å². The molecule has 1 unspecified atom stereocenters. The zero-order valence-corrected chi connectivity index (χ0v) is 13.1. The fraction of sp³-hybridized carbons (Fsp3) is 0.263. The summed E-state index contributed by atoms with van der Waals surface area (Å²) >= 11 is 0. The molecule has 0 fully saturated rings. The Morgan fingerprint density at radius 3 is 2.70 bits per heavy atom. The molecular weight excluding hydrogens is 286 g/mol. The molecule has 1 N–H and O–H groups in total. The third-order valence-electron chi connectivity index (χ3n) is 4.80. The van der Waals surface area contributed by atoms with E-state index in [4.69, 9.17) is 0 Å². The number of aryl methyl sites for hydroxylation is 1. The molecule has 2 aromatic carbocycles. The molecule has 1 aliphatic rings. The maximum Gasteiger partial charge on any atom is 0.260 e. The Bertz CT molecular complexity index is 916. The van der Waals surface area contributed by atoms with Crippen molar-refractivity contribution >= 4 is 16.9 Å². The Morgan fingerprint density at radius 1 is 1.09 bits per heavy atom. The molecule has 4 heteroatoms. The number of anilines is 1. The van der Waals surface area contributed by atoms with Crippen LogP contribution in [0.2, 0.25) is 0 Å². The van der Waals surface area contributed by atoms with Crippen LogP contribution < -0.4 is 10.5 Å². The van der Waals surface area contributed by atoms with Crippen molar-refractivity contribution in [1.82, 2.24) is 9.97 Å². The number of likely N-dealkylation sites (N-methyl/N-ethyl adjacent to an activating group) is 1. The molecule has 4 rings (SSSR count). The maximum atomic E-state index is 12.3. The highest BCUT2D eigenvalue weighted by Gasteiger charge is 2.23. The minimum absolute atomic E-state index is 0.0753. The first-order valence-corrected chi connectivity index (χ1v) is 8.01. The summed E-state index contributed by atoms with van der Waals surface area (Å²) in [6.07, 6.45) is 3.14. The second-order valence-electron chi connectivity index (χ2n) is 6.18. The Morgan fingerprint density at radius 2 is 1.83 bits per heavy atom. The number of benzene rings is 2. The summed E-state index contributed by atoms with van der Waals surface area (Å²) < 4.78 is 0. The highest BCUT2D eigenvalue weighted by atomic mass is 16.1. The van der Waals surface area contributed by atoms with Gasteiger partial charge in [-0.1, -0.05) is 36.4 Å². The quantitative estimate of drug-likeness (QED) is 0.792. The summed E-state index contributed by atoms with van der Waals surface area (Å²) in [6, 6.07) is 16.4. The number of para-hydroxylation sites is 1. The summed E-state index contributed by atoms with van der Waals surface area (Å²) in [5.41, 5.74) is 3.51. The van der Waals surface area contributed by atoms with E-state index in [0.717, 1.165) is 24.8 Å². The summed E-state index contributed by atoms with van der Waals surface area (Å²) in [7, 11) is 2.02. The lowest BCUT2D eigenvalue weighted by Crippen LogP contribution is -2.38. The summed E-state index contributed by atoms with van der Waals surface area (Å²) in [5.74, 6) is 0.651. The number of aromatic amines is 1. The van der Waals surface area contributed by atoms with E-state index in [9.17, 15) is 4.79 Å². The number of hydrogen-bond acceptors (Lipinski definition) is 3. The largest absolute Gasteiger partial charge is 0.342 e. The number of H-pyrrole nitrogens is 1. The van der Waals surface area contributed by atoms with Crippen molar-refractivity contribution in [3.8, 4) is 0 Å². The number of rotatable bonds is 2. The fourth-order valence-electron chi connectivity index (χ4n) is 3.42. The molecule has 1 atom stereocenters. The Hall–Kier alpha value is -2.62. The van der Waals surface area contributed by atoms with Crippen LogP contribution in [0.3, 0.4) is 0 Å². The molecule has 0 saturated carbocycles. The van der Waals surface area contributed by atoms with Gasteiger partial charge in [0.2, 0.25) is 5.95 Å². The van der Waals surface area contributed by atoms with Crippen molar-refractivity contribution in [2.45, 2.75) is 25.3 Å². The Kier molecular flexibility index (Phi) is 3.37. The molecule has 0 aliphatic heterocycles. The molecule has 3 aromatic rings. The molecule has 1 heterocycles. The average Bonchev–Trinajstić information content (AvgIpc) is 2.60. The fourth-order valence-corrected chi connectivity index (χ4v) is 3.42. The van der Waals surface area contributed by atoms with E-state index >= 15 is 0 Å². The van der Waals surface area contributed by atoms with Gasteiger partial charge >= 0.3 is 0 Å². The number of hydrogen-bond donors (Lipinski definition) is 1. The van der Waals surface area contributed by atoms with E-state index < -0.39 is 0 Å².